The predicted molar refractivity (Wildman–Crippen MR) is 126 cm³/mol. The molecule has 4 aromatic rings. The molecule has 1 aliphatic heterocycles. The third-order valence-corrected chi connectivity index (χ3v) is 7.76. The van der Waals surface area contributed by atoms with Gasteiger partial charge in [-0.05, 0) is 48.5 Å². The van der Waals surface area contributed by atoms with Gasteiger partial charge in [0.15, 0.2) is 0 Å². The molecule has 0 spiro atoms. The van der Waals surface area contributed by atoms with Gasteiger partial charge in [-0.25, -0.2) is 17.8 Å². The van der Waals surface area contributed by atoms with Crippen molar-refractivity contribution in [2.24, 2.45) is 0 Å². The van der Waals surface area contributed by atoms with E-state index in [4.69, 9.17) is 0 Å². The van der Waals surface area contributed by atoms with Crippen molar-refractivity contribution in [2.75, 3.05) is 26.2 Å². The number of pyridine rings is 2. The highest BCUT2D eigenvalue weighted by molar-refractivity contribution is 7.89. The fraction of sp³-hybridized carbons (Fsp3) is 0.160. The van der Waals surface area contributed by atoms with Crippen LogP contribution in [-0.2, 0) is 10.0 Å². The molecular formula is C25H21FN4O3S. The van der Waals surface area contributed by atoms with E-state index in [0.717, 1.165) is 17.5 Å². The van der Waals surface area contributed by atoms with Gasteiger partial charge in [0.25, 0.3) is 5.91 Å². The second-order valence-corrected chi connectivity index (χ2v) is 9.88. The summed E-state index contributed by atoms with van der Waals surface area (Å²) in [5, 5.41) is 0.730. The molecule has 0 unspecified atom stereocenters. The van der Waals surface area contributed by atoms with Crippen LogP contribution in [0.25, 0.3) is 22.3 Å². The topological polar surface area (TPSA) is 83.5 Å². The zero-order valence-electron chi connectivity index (χ0n) is 18.1. The lowest BCUT2D eigenvalue weighted by Crippen LogP contribution is -2.50. The monoisotopic (exact) mass is 476 g/mol. The summed E-state index contributed by atoms with van der Waals surface area (Å²) in [7, 11) is -3.76. The van der Waals surface area contributed by atoms with Gasteiger partial charge in [0.05, 0.1) is 27.4 Å². The van der Waals surface area contributed by atoms with Gasteiger partial charge in [-0.15, -0.1) is 0 Å². The Morgan fingerprint density at radius 2 is 1.56 bits per heavy atom. The van der Waals surface area contributed by atoms with Gasteiger partial charge in [-0.3, -0.25) is 9.78 Å². The normalized spacial score (nSPS) is 14.9. The fourth-order valence-corrected chi connectivity index (χ4v) is 5.48. The molecule has 0 bridgehead atoms. The van der Waals surface area contributed by atoms with Crippen LogP contribution in [0.15, 0.2) is 83.9 Å². The molecule has 1 aliphatic rings. The molecule has 3 heterocycles. The van der Waals surface area contributed by atoms with Crippen LogP contribution >= 0.6 is 0 Å². The SMILES string of the molecule is O=C(c1cc(-c2ccccn2)nc2ccccc12)N1CCN(S(=O)(=O)c2ccc(F)cc2)CC1. The Morgan fingerprint density at radius 1 is 0.853 bits per heavy atom. The van der Waals surface area contributed by atoms with Crippen molar-refractivity contribution in [1.82, 2.24) is 19.2 Å². The van der Waals surface area contributed by atoms with Crippen molar-refractivity contribution in [1.29, 1.82) is 0 Å². The number of carbonyl (C=O) groups is 1. The van der Waals surface area contributed by atoms with Crippen LogP contribution in [0.4, 0.5) is 4.39 Å². The number of aromatic nitrogens is 2. The molecule has 5 rings (SSSR count). The lowest BCUT2D eigenvalue weighted by atomic mass is 10.0. The van der Waals surface area contributed by atoms with Gasteiger partial charge < -0.3 is 4.90 Å². The number of para-hydroxylation sites is 1. The molecule has 9 heteroatoms. The first-order valence-corrected chi connectivity index (χ1v) is 12.2. The van der Waals surface area contributed by atoms with Crippen LogP contribution < -0.4 is 0 Å². The van der Waals surface area contributed by atoms with E-state index in [1.807, 2.05) is 42.5 Å². The number of amides is 1. The molecule has 1 saturated heterocycles. The standard InChI is InChI=1S/C25H21FN4O3S/c26-18-8-10-19(11-9-18)34(32,33)30-15-13-29(14-16-30)25(31)21-17-24(23-7-3-4-12-27-23)28-22-6-2-1-5-20(21)22/h1-12,17H,13-16H2. The van der Waals surface area contributed by atoms with E-state index in [9.17, 15) is 17.6 Å². The van der Waals surface area contributed by atoms with Gasteiger partial charge in [0, 0.05) is 37.8 Å². The maximum absolute atomic E-state index is 13.5. The van der Waals surface area contributed by atoms with Crippen LogP contribution in [0.2, 0.25) is 0 Å². The highest BCUT2D eigenvalue weighted by Crippen LogP contribution is 2.26. The molecule has 0 atom stereocenters. The summed E-state index contributed by atoms with van der Waals surface area (Å²) in [5.41, 5.74) is 2.45. The maximum atomic E-state index is 13.5. The van der Waals surface area contributed by atoms with Crippen LogP contribution in [-0.4, -0.2) is 59.7 Å². The number of halogens is 1. The number of benzene rings is 2. The number of carbonyl (C=O) groups excluding carboxylic acids is 1. The third kappa shape index (κ3) is 4.15. The van der Waals surface area contributed by atoms with Gasteiger partial charge in [-0.2, -0.15) is 4.31 Å². The number of nitrogens with zero attached hydrogens (tertiary/aromatic N) is 4. The fourth-order valence-electron chi connectivity index (χ4n) is 4.06. The number of piperazine rings is 1. The van der Waals surface area contributed by atoms with E-state index in [-0.39, 0.29) is 37.0 Å². The lowest BCUT2D eigenvalue weighted by Gasteiger charge is -2.34. The van der Waals surface area contributed by atoms with Crippen LogP contribution in [0.5, 0.6) is 0 Å². The number of hydrogen-bond donors (Lipinski definition) is 0. The number of rotatable bonds is 4. The first-order valence-electron chi connectivity index (χ1n) is 10.8. The first-order chi connectivity index (χ1) is 16.4. The Hall–Kier alpha value is -3.69. The van der Waals surface area contributed by atoms with Crippen molar-refractivity contribution in [3.8, 4) is 11.4 Å². The van der Waals surface area contributed by atoms with E-state index in [0.29, 0.717) is 22.5 Å². The molecule has 2 aromatic carbocycles. The molecule has 0 N–H and O–H groups in total. The van der Waals surface area contributed by atoms with Crippen LogP contribution in [0, 0.1) is 5.82 Å². The Kier molecular flexibility index (Phi) is 5.80. The highest BCUT2D eigenvalue weighted by Gasteiger charge is 2.31. The van der Waals surface area contributed by atoms with Crippen molar-refractivity contribution in [2.45, 2.75) is 4.90 Å². The summed E-state index contributed by atoms with van der Waals surface area (Å²) in [6, 6.07) is 19.4. The van der Waals surface area contributed by atoms with E-state index in [2.05, 4.69) is 9.97 Å². The minimum atomic E-state index is -3.76. The minimum Gasteiger partial charge on any atom is -0.336 e. The summed E-state index contributed by atoms with van der Waals surface area (Å²) < 4.78 is 40.3. The summed E-state index contributed by atoms with van der Waals surface area (Å²) in [5.74, 6) is -0.682. The average molecular weight is 477 g/mol. The Balaban J connectivity index is 1.41. The second kappa shape index (κ2) is 8.92. The number of sulfonamides is 1. The predicted octanol–water partition coefficient (Wildman–Crippen LogP) is 3.58. The average Bonchev–Trinajstić information content (AvgIpc) is 2.88. The molecule has 0 aliphatic carbocycles. The summed E-state index contributed by atoms with van der Waals surface area (Å²) in [6.45, 7) is 0.798. The largest absolute Gasteiger partial charge is 0.336 e. The third-order valence-electron chi connectivity index (χ3n) is 5.85. The molecule has 1 fully saturated rings. The van der Waals surface area contributed by atoms with Gasteiger partial charge in [0.2, 0.25) is 10.0 Å². The quantitative estimate of drug-likeness (QED) is 0.450. The summed E-state index contributed by atoms with van der Waals surface area (Å²) in [4.78, 5) is 24.2. The molecule has 2 aromatic heterocycles. The van der Waals surface area contributed by atoms with Gasteiger partial charge in [0.1, 0.15) is 5.82 Å². The summed E-state index contributed by atoms with van der Waals surface area (Å²) >= 11 is 0. The molecule has 7 nitrogen and oxygen atoms in total. The Labute approximate surface area is 196 Å². The van der Waals surface area contributed by atoms with Crippen LogP contribution in [0.1, 0.15) is 10.4 Å². The maximum Gasteiger partial charge on any atom is 0.254 e. The highest BCUT2D eigenvalue weighted by atomic mass is 32.2. The molecule has 0 saturated carbocycles. The first kappa shape index (κ1) is 22.1. The second-order valence-electron chi connectivity index (χ2n) is 7.94. The number of hydrogen-bond acceptors (Lipinski definition) is 5. The summed E-state index contributed by atoms with van der Waals surface area (Å²) in [6.07, 6.45) is 1.68. The smallest absolute Gasteiger partial charge is 0.254 e. The van der Waals surface area contributed by atoms with Crippen molar-refractivity contribution < 1.29 is 17.6 Å². The molecule has 1 amide bonds. The van der Waals surface area contributed by atoms with Gasteiger partial charge in [-0.1, -0.05) is 24.3 Å². The van der Waals surface area contributed by atoms with E-state index >= 15 is 0 Å². The molecule has 172 valence electrons. The van der Waals surface area contributed by atoms with Crippen molar-refractivity contribution >= 4 is 26.8 Å². The van der Waals surface area contributed by atoms with Crippen molar-refractivity contribution in [3.63, 3.8) is 0 Å². The molecule has 34 heavy (non-hydrogen) atoms. The Bertz CT molecular complexity index is 1450. The van der Waals surface area contributed by atoms with E-state index < -0.39 is 15.8 Å². The Morgan fingerprint density at radius 3 is 2.26 bits per heavy atom. The molecule has 0 radical (unpaired) electrons. The van der Waals surface area contributed by atoms with Crippen LogP contribution in [0.3, 0.4) is 0 Å². The van der Waals surface area contributed by atoms with E-state index in [1.54, 1.807) is 17.2 Å². The van der Waals surface area contributed by atoms with Crippen molar-refractivity contribution in [3.05, 3.63) is 90.4 Å². The van der Waals surface area contributed by atoms with E-state index in [1.165, 1.54) is 16.4 Å². The lowest BCUT2D eigenvalue weighted by molar-refractivity contribution is 0.0700. The zero-order chi connectivity index (χ0) is 23.7. The molecular weight excluding hydrogens is 455 g/mol. The number of fused-ring (bicyclic) bond motifs is 1. The van der Waals surface area contributed by atoms with Gasteiger partial charge >= 0.3 is 0 Å². The zero-order valence-corrected chi connectivity index (χ0v) is 19.0. The minimum absolute atomic E-state index is 0.0359.